The van der Waals surface area contributed by atoms with Gasteiger partial charge in [0.15, 0.2) is 0 Å². The van der Waals surface area contributed by atoms with E-state index < -0.39 is 0 Å². The SMILES string of the molecule is Cc1cc[c-]cc1.Cc1cc[c-]cc1.[Ti+4].c1cc[c-](C2CCCCC2)c1.c1cc[c-](C2CCCCC2)c1. The van der Waals surface area contributed by atoms with E-state index in [1.807, 2.05) is 48.5 Å². The van der Waals surface area contributed by atoms with Crippen LogP contribution in [0, 0.1) is 26.0 Å². The van der Waals surface area contributed by atoms with E-state index in [4.69, 9.17) is 0 Å². The predicted octanol–water partition coefficient (Wildman–Crippen LogP) is 10.5. The van der Waals surface area contributed by atoms with E-state index in [0.717, 1.165) is 11.8 Å². The number of hydrogen-bond donors (Lipinski definition) is 0. The van der Waals surface area contributed by atoms with Crippen LogP contribution in [-0.4, -0.2) is 0 Å². The van der Waals surface area contributed by atoms with Crippen LogP contribution in [0.3, 0.4) is 0 Å². The Balaban J connectivity index is 0.000000176. The van der Waals surface area contributed by atoms with Gasteiger partial charge >= 0.3 is 21.7 Å². The average Bonchev–Trinajstić information content (AvgIpc) is 3.67. The largest absolute Gasteiger partial charge is 4.00 e. The molecule has 37 heavy (non-hydrogen) atoms. The van der Waals surface area contributed by atoms with Crippen LogP contribution in [0.5, 0.6) is 0 Å². The standard InChI is InChI=1S/2C11H15.2C7H7.Ti/c2*1-2-6-10(7-3-1)11-8-4-5-9-11;2*1-7-5-3-2-4-6-7;/h2*4-5,8-10H,1-3,6-7H2;2*3-6H,1H3;/q4*-1;+4. The first-order valence-electron chi connectivity index (χ1n) is 14.0. The zero-order chi connectivity index (χ0) is 25.3. The zero-order valence-corrected chi connectivity index (χ0v) is 24.5. The van der Waals surface area contributed by atoms with Crippen LogP contribution >= 0.6 is 0 Å². The molecule has 0 N–H and O–H groups in total. The molecular weight excluding hydrogens is 480 g/mol. The van der Waals surface area contributed by atoms with Gasteiger partial charge < -0.3 is 0 Å². The Kier molecular flexibility index (Phi) is 16.0. The molecule has 2 fully saturated rings. The van der Waals surface area contributed by atoms with Gasteiger partial charge in [0.1, 0.15) is 0 Å². The van der Waals surface area contributed by atoms with Gasteiger partial charge in [-0.1, -0.05) is 89.9 Å². The van der Waals surface area contributed by atoms with Gasteiger partial charge in [-0.05, 0) is 0 Å². The van der Waals surface area contributed by atoms with Gasteiger partial charge in [0, 0.05) is 0 Å². The van der Waals surface area contributed by atoms with Crippen LogP contribution < -0.4 is 0 Å². The normalized spacial score (nSPS) is 15.4. The molecule has 0 aromatic heterocycles. The molecule has 0 nitrogen and oxygen atoms in total. The van der Waals surface area contributed by atoms with E-state index in [1.165, 1.54) is 75.3 Å². The first-order valence-corrected chi connectivity index (χ1v) is 14.0. The van der Waals surface area contributed by atoms with Gasteiger partial charge in [-0.2, -0.15) is 107 Å². The fraction of sp³-hybridized carbons (Fsp3) is 0.389. The van der Waals surface area contributed by atoms with Crippen LogP contribution in [0.4, 0.5) is 0 Å². The maximum absolute atomic E-state index is 2.93. The van der Waals surface area contributed by atoms with Crippen LogP contribution in [0.25, 0.3) is 0 Å². The molecule has 0 heterocycles. The van der Waals surface area contributed by atoms with E-state index in [0.29, 0.717) is 0 Å². The Morgan fingerprint density at radius 1 is 0.514 bits per heavy atom. The summed E-state index contributed by atoms with van der Waals surface area (Å²) in [6.45, 7) is 4.13. The minimum Gasteiger partial charge on any atom is -0.213 e. The van der Waals surface area contributed by atoms with Gasteiger partial charge in [-0.3, -0.25) is 0 Å². The molecular formula is C36H44Ti. The predicted molar refractivity (Wildman–Crippen MR) is 156 cm³/mol. The number of rotatable bonds is 2. The number of hydrogen-bond acceptors (Lipinski definition) is 0. The second kappa shape index (κ2) is 19.0. The van der Waals surface area contributed by atoms with Crippen molar-refractivity contribution in [2.24, 2.45) is 0 Å². The number of benzene rings is 2. The molecule has 2 aliphatic rings. The van der Waals surface area contributed by atoms with Crippen LogP contribution in [0.1, 0.15) is 98.3 Å². The van der Waals surface area contributed by atoms with Crippen molar-refractivity contribution in [3.05, 3.63) is 131 Å². The number of aryl methyl sites for hydroxylation is 2. The Morgan fingerprint density at radius 2 is 0.811 bits per heavy atom. The Morgan fingerprint density at radius 3 is 1.05 bits per heavy atom. The van der Waals surface area contributed by atoms with Crippen molar-refractivity contribution in [3.8, 4) is 0 Å². The van der Waals surface area contributed by atoms with Gasteiger partial charge in [-0.15, -0.1) is 0 Å². The second-order valence-corrected chi connectivity index (χ2v) is 10.3. The first kappa shape index (κ1) is 31.1. The van der Waals surface area contributed by atoms with Gasteiger partial charge in [0.05, 0.1) is 0 Å². The zero-order valence-electron chi connectivity index (χ0n) is 23.0. The third-order valence-electron chi connectivity index (χ3n) is 7.30. The van der Waals surface area contributed by atoms with Gasteiger partial charge in [0.25, 0.3) is 0 Å². The van der Waals surface area contributed by atoms with E-state index in [2.05, 4.69) is 74.5 Å². The molecule has 0 unspecified atom stereocenters. The monoisotopic (exact) mass is 524 g/mol. The van der Waals surface area contributed by atoms with Gasteiger partial charge in [-0.25, -0.2) is 24.3 Å². The minimum atomic E-state index is 0. The topological polar surface area (TPSA) is 0 Å². The Bertz CT molecular complexity index is 902. The summed E-state index contributed by atoms with van der Waals surface area (Å²) in [4.78, 5) is 0. The summed E-state index contributed by atoms with van der Waals surface area (Å²) >= 11 is 0. The molecule has 1 heteroatoms. The third-order valence-corrected chi connectivity index (χ3v) is 7.30. The van der Waals surface area contributed by atoms with Crippen molar-refractivity contribution in [1.29, 1.82) is 0 Å². The summed E-state index contributed by atoms with van der Waals surface area (Å²) in [7, 11) is 0. The fourth-order valence-corrected chi connectivity index (χ4v) is 5.13. The molecule has 0 spiro atoms. The molecule has 2 saturated carbocycles. The molecule has 4 aromatic carbocycles. The maximum atomic E-state index is 2.93. The van der Waals surface area contributed by atoms with E-state index in [1.54, 1.807) is 11.1 Å². The Labute approximate surface area is 242 Å². The minimum absolute atomic E-state index is 0. The molecule has 0 aliphatic heterocycles. The summed E-state index contributed by atoms with van der Waals surface area (Å²) in [5.41, 5.74) is 5.73. The van der Waals surface area contributed by atoms with Crippen molar-refractivity contribution >= 4 is 0 Å². The van der Waals surface area contributed by atoms with Crippen LogP contribution in [0.15, 0.2) is 97.1 Å². The van der Waals surface area contributed by atoms with Crippen LogP contribution in [-0.2, 0) is 21.7 Å². The molecule has 0 atom stereocenters. The average molecular weight is 525 g/mol. The molecule has 0 radical (unpaired) electrons. The second-order valence-electron chi connectivity index (χ2n) is 10.3. The third kappa shape index (κ3) is 12.8. The van der Waals surface area contributed by atoms with Crippen molar-refractivity contribution in [3.63, 3.8) is 0 Å². The molecule has 0 saturated heterocycles. The molecule has 0 amide bonds. The molecule has 0 bridgehead atoms. The quantitative estimate of drug-likeness (QED) is 0.181. The van der Waals surface area contributed by atoms with E-state index >= 15 is 0 Å². The Hall–Kier alpha value is -2.15. The fourth-order valence-electron chi connectivity index (χ4n) is 5.13. The molecule has 4 aromatic rings. The summed E-state index contributed by atoms with van der Waals surface area (Å²) < 4.78 is 0. The molecule has 2 aliphatic carbocycles. The van der Waals surface area contributed by atoms with E-state index in [9.17, 15) is 0 Å². The maximum Gasteiger partial charge on any atom is 4.00 e. The molecule has 6 rings (SSSR count). The van der Waals surface area contributed by atoms with Gasteiger partial charge in [0.2, 0.25) is 0 Å². The summed E-state index contributed by atoms with van der Waals surface area (Å²) in [5.74, 6) is 1.78. The first-order chi connectivity index (χ1) is 17.7. The van der Waals surface area contributed by atoms with Crippen molar-refractivity contribution < 1.29 is 21.7 Å². The molecule has 192 valence electrons. The summed E-state index contributed by atoms with van der Waals surface area (Å²) in [5, 5.41) is 0. The summed E-state index contributed by atoms with van der Waals surface area (Å²) in [6.07, 6.45) is 14.4. The smallest absolute Gasteiger partial charge is 0.213 e. The van der Waals surface area contributed by atoms with Crippen molar-refractivity contribution in [2.75, 3.05) is 0 Å². The van der Waals surface area contributed by atoms with Crippen molar-refractivity contribution in [2.45, 2.75) is 89.9 Å². The van der Waals surface area contributed by atoms with Crippen molar-refractivity contribution in [1.82, 2.24) is 0 Å². The van der Waals surface area contributed by atoms with E-state index in [-0.39, 0.29) is 21.7 Å². The van der Waals surface area contributed by atoms with Crippen LogP contribution in [0.2, 0.25) is 0 Å². The summed E-state index contributed by atoms with van der Waals surface area (Å²) in [6, 6.07) is 39.3.